The molecule has 1 fully saturated rings. The predicted molar refractivity (Wildman–Crippen MR) is 109 cm³/mol. The standard InChI is InChI=1S/C22H28N4O2/c1-16-13-24-22(26(16)9-5-11-28-2)17-8-10-25(15-17)21(27)12-18-14-23-20-7-4-3-6-19(18)20/h3-4,6-7,13-14,17,23H,5,8-12,15H2,1-2H3. The summed E-state index contributed by atoms with van der Waals surface area (Å²) in [5.41, 5.74) is 3.33. The molecule has 1 amide bonds. The molecule has 1 saturated heterocycles. The molecule has 1 aliphatic rings. The Hall–Kier alpha value is -2.60. The number of H-pyrrole nitrogens is 1. The van der Waals surface area contributed by atoms with E-state index in [2.05, 4.69) is 27.5 Å². The van der Waals surface area contributed by atoms with E-state index in [1.165, 1.54) is 5.69 Å². The summed E-state index contributed by atoms with van der Waals surface area (Å²) in [6.07, 6.45) is 6.29. The first-order valence-electron chi connectivity index (χ1n) is 10.0. The number of ether oxygens (including phenoxy) is 1. The number of benzene rings is 1. The van der Waals surface area contributed by atoms with Gasteiger partial charge in [0, 0.05) is 68.3 Å². The number of hydrogen-bond donors (Lipinski definition) is 1. The monoisotopic (exact) mass is 380 g/mol. The van der Waals surface area contributed by atoms with Gasteiger partial charge in [-0.1, -0.05) is 18.2 Å². The van der Waals surface area contributed by atoms with E-state index in [1.807, 2.05) is 35.5 Å². The molecule has 0 radical (unpaired) electrons. The van der Waals surface area contributed by atoms with Gasteiger partial charge in [-0.25, -0.2) is 4.98 Å². The van der Waals surface area contributed by atoms with E-state index in [-0.39, 0.29) is 5.91 Å². The second kappa shape index (κ2) is 8.19. The van der Waals surface area contributed by atoms with E-state index in [1.54, 1.807) is 7.11 Å². The van der Waals surface area contributed by atoms with E-state index in [4.69, 9.17) is 4.74 Å². The van der Waals surface area contributed by atoms with E-state index in [0.717, 1.165) is 61.4 Å². The lowest BCUT2D eigenvalue weighted by Crippen LogP contribution is -2.30. The summed E-state index contributed by atoms with van der Waals surface area (Å²) in [5, 5.41) is 1.14. The molecule has 0 spiro atoms. The van der Waals surface area contributed by atoms with Crippen LogP contribution in [-0.2, 0) is 22.5 Å². The summed E-state index contributed by atoms with van der Waals surface area (Å²) in [6.45, 7) is 5.31. The van der Waals surface area contributed by atoms with E-state index in [9.17, 15) is 4.79 Å². The Bertz CT molecular complexity index is 959. The molecule has 4 rings (SSSR count). The predicted octanol–water partition coefficient (Wildman–Crippen LogP) is 3.27. The third-order valence-electron chi connectivity index (χ3n) is 5.74. The fourth-order valence-electron chi connectivity index (χ4n) is 4.21. The Morgan fingerprint density at radius 3 is 3.07 bits per heavy atom. The lowest BCUT2D eigenvalue weighted by Gasteiger charge is -2.17. The lowest BCUT2D eigenvalue weighted by molar-refractivity contribution is -0.129. The van der Waals surface area contributed by atoms with Crippen molar-refractivity contribution >= 4 is 16.8 Å². The van der Waals surface area contributed by atoms with Crippen molar-refractivity contribution in [2.75, 3.05) is 26.8 Å². The van der Waals surface area contributed by atoms with Gasteiger partial charge in [0.2, 0.25) is 5.91 Å². The Kier molecular flexibility index (Phi) is 5.48. The number of aromatic nitrogens is 3. The number of nitrogens with one attached hydrogen (secondary N) is 1. The zero-order valence-electron chi connectivity index (χ0n) is 16.6. The van der Waals surface area contributed by atoms with Crippen molar-refractivity contribution in [3.05, 3.63) is 53.7 Å². The Morgan fingerprint density at radius 1 is 1.36 bits per heavy atom. The number of amides is 1. The first-order chi connectivity index (χ1) is 13.7. The Labute approximate surface area is 165 Å². The van der Waals surface area contributed by atoms with Gasteiger partial charge in [0.1, 0.15) is 5.82 Å². The van der Waals surface area contributed by atoms with Crippen LogP contribution >= 0.6 is 0 Å². The van der Waals surface area contributed by atoms with Crippen molar-refractivity contribution in [1.29, 1.82) is 0 Å². The molecular formula is C22H28N4O2. The summed E-state index contributed by atoms with van der Waals surface area (Å²) in [5.74, 6) is 1.61. The van der Waals surface area contributed by atoms with Gasteiger partial charge in [-0.15, -0.1) is 0 Å². The minimum atomic E-state index is 0.196. The fraction of sp³-hybridized carbons (Fsp3) is 0.455. The maximum absolute atomic E-state index is 12.9. The highest BCUT2D eigenvalue weighted by Crippen LogP contribution is 2.28. The van der Waals surface area contributed by atoms with Crippen LogP contribution in [0.5, 0.6) is 0 Å². The van der Waals surface area contributed by atoms with Gasteiger partial charge < -0.3 is 19.2 Å². The second-order valence-electron chi connectivity index (χ2n) is 7.62. The van der Waals surface area contributed by atoms with Crippen LogP contribution in [0.25, 0.3) is 10.9 Å². The smallest absolute Gasteiger partial charge is 0.227 e. The van der Waals surface area contributed by atoms with Gasteiger partial charge in [-0.2, -0.15) is 0 Å². The largest absolute Gasteiger partial charge is 0.385 e. The van der Waals surface area contributed by atoms with E-state index in [0.29, 0.717) is 12.3 Å². The number of aryl methyl sites for hydroxylation is 1. The van der Waals surface area contributed by atoms with Crippen molar-refractivity contribution in [3.63, 3.8) is 0 Å². The van der Waals surface area contributed by atoms with Gasteiger partial charge in [0.25, 0.3) is 0 Å². The van der Waals surface area contributed by atoms with Crippen LogP contribution in [0, 0.1) is 6.92 Å². The van der Waals surface area contributed by atoms with Crippen LogP contribution in [0.3, 0.4) is 0 Å². The molecule has 0 aliphatic carbocycles. The molecule has 148 valence electrons. The third kappa shape index (κ3) is 3.69. The number of methoxy groups -OCH3 is 1. The summed E-state index contributed by atoms with van der Waals surface area (Å²) in [4.78, 5) is 22.8. The summed E-state index contributed by atoms with van der Waals surface area (Å²) in [6, 6.07) is 8.13. The van der Waals surface area contributed by atoms with Crippen LogP contribution in [-0.4, -0.2) is 52.1 Å². The molecule has 28 heavy (non-hydrogen) atoms. The molecule has 0 saturated carbocycles. The van der Waals surface area contributed by atoms with Gasteiger partial charge in [-0.3, -0.25) is 4.79 Å². The van der Waals surface area contributed by atoms with Crippen LogP contribution in [0.1, 0.15) is 35.8 Å². The normalized spacial score (nSPS) is 16.9. The van der Waals surface area contributed by atoms with Gasteiger partial charge in [-0.05, 0) is 31.4 Å². The van der Waals surface area contributed by atoms with Crippen LogP contribution in [0.15, 0.2) is 36.7 Å². The maximum Gasteiger partial charge on any atom is 0.227 e. The molecule has 1 N–H and O–H groups in total. The number of fused-ring (bicyclic) bond motifs is 1. The van der Waals surface area contributed by atoms with Crippen molar-refractivity contribution in [2.45, 2.75) is 38.6 Å². The molecule has 1 aliphatic heterocycles. The maximum atomic E-state index is 12.9. The number of aromatic amines is 1. The molecule has 1 atom stereocenters. The average Bonchev–Trinajstić information content (AvgIpc) is 3.42. The second-order valence-corrected chi connectivity index (χ2v) is 7.62. The fourth-order valence-corrected chi connectivity index (χ4v) is 4.21. The third-order valence-corrected chi connectivity index (χ3v) is 5.74. The summed E-state index contributed by atoms with van der Waals surface area (Å²) < 4.78 is 7.47. The topological polar surface area (TPSA) is 63.1 Å². The minimum Gasteiger partial charge on any atom is -0.385 e. The van der Waals surface area contributed by atoms with E-state index < -0.39 is 0 Å². The van der Waals surface area contributed by atoms with Gasteiger partial charge in [0.15, 0.2) is 0 Å². The molecule has 1 unspecified atom stereocenters. The molecule has 1 aromatic carbocycles. The number of rotatable bonds is 7. The SMILES string of the molecule is COCCCn1c(C)cnc1C1CCN(C(=O)Cc2c[nH]c3ccccc23)C1. The molecular weight excluding hydrogens is 352 g/mol. The Morgan fingerprint density at radius 2 is 2.21 bits per heavy atom. The number of imidazole rings is 1. The zero-order valence-corrected chi connectivity index (χ0v) is 16.6. The van der Waals surface area contributed by atoms with E-state index >= 15 is 0 Å². The highest BCUT2D eigenvalue weighted by atomic mass is 16.5. The van der Waals surface area contributed by atoms with Crippen molar-refractivity contribution < 1.29 is 9.53 Å². The van der Waals surface area contributed by atoms with Crippen molar-refractivity contribution in [3.8, 4) is 0 Å². The molecule has 3 heterocycles. The summed E-state index contributed by atoms with van der Waals surface area (Å²) >= 11 is 0. The van der Waals surface area contributed by atoms with Crippen molar-refractivity contribution in [2.24, 2.45) is 0 Å². The highest BCUT2D eigenvalue weighted by molar-refractivity contribution is 5.89. The number of likely N-dealkylation sites (tertiary alicyclic amines) is 1. The molecule has 6 heteroatoms. The van der Waals surface area contributed by atoms with Crippen LogP contribution in [0.2, 0.25) is 0 Å². The number of hydrogen-bond acceptors (Lipinski definition) is 3. The lowest BCUT2D eigenvalue weighted by atomic mass is 10.1. The first kappa shape index (κ1) is 18.7. The summed E-state index contributed by atoms with van der Waals surface area (Å²) in [7, 11) is 1.73. The number of para-hydroxylation sites is 1. The minimum absolute atomic E-state index is 0.196. The van der Waals surface area contributed by atoms with Crippen LogP contribution in [0.4, 0.5) is 0 Å². The number of nitrogens with zero attached hydrogens (tertiary/aromatic N) is 3. The number of carbonyl (C=O) groups excluding carboxylic acids is 1. The van der Waals surface area contributed by atoms with Crippen molar-refractivity contribution in [1.82, 2.24) is 19.4 Å². The molecule has 2 aromatic heterocycles. The zero-order chi connectivity index (χ0) is 19.5. The van der Waals surface area contributed by atoms with Gasteiger partial charge in [0.05, 0.1) is 6.42 Å². The quantitative estimate of drug-likeness (QED) is 0.640. The first-order valence-corrected chi connectivity index (χ1v) is 10.0. The van der Waals surface area contributed by atoms with Gasteiger partial charge >= 0.3 is 0 Å². The van der Waals surface area contributed by atoms with Crippen LogP contribution < -0.4 is 0 Å². The number of carbonyl (C=O) groups is 1. The Balaban J connectivity index is 1.42. The molecule has 6 nitrogen and oxygen atoms in total. The average molecular weight is 380 g/mol. The molecule has 0 bridgehead atoms. The molecule has 3 aromatic rings. The highest BCUT2D eigenvalue weighted by Gasteiger charge is 2.30.